The lowest BCUT2D eigenvalue weighted by molar-refractivity contribution is -0.534. The Balaban J connectivity index is 1.85. The van der Waals surface area contributed by atoms with E-state index in [1.807, 2.05) is 6.92 Å². The van der Waals surface area contributed by atoms with Crippen molar-refractivity contribution in [2.24, 2.45) is 0 Å². The van der Waals surface area contributed by atoms with Gasteiger partial charge in [0.1, 0.15) is 6.61 Å². The smallest absolute Gasteiger partial charge is 0.256 e. The molecule has 0 bridgehead atoms. The maximum atomic E-state index is 13.2. The van der Waals surface area contributed by atoms with Crippen molar-refractivity contribution in [3.05, 3.63) is 62.1 Å². The molecule has 1 spiro atoms. The first kappa shape index (κ1) is 22.1. The molecule has 0 aromatic heterocycles. The summed E-state index contributed by atoms with van der Waals surface area (Å²) in [7, 11) is 1.75. The number of para-hydroxylation sites is 1. The van der Waals surface area contributed by atoms with Crippen molar-refractivity contribution in [1.29, 1.82) is 0 Å². The zero-order chi connectivity index (χ0) is 23.0. The molecule has 2 aliphatic rings. The number of terminal acetylenes is 1. The molecule has 0 saturated carbocycles. The van der Waals surface area contributed by atoms with Crippen LogP contribution in [0.5, 0.6) is 11.5 Å². The van der Waals surface area contributed by atoms with E-state index < -0.39 is 17.5 Å². The van der Waals surface area contributed by atoms with Crippen LogP contribution in [0.25, 0.3) is 0 Å². The Labute approximate surface area is 194 Å². The van der Waals surface area contributed by atoms with Crippen LogP contribution in [0.4, 0.5) is 5.69 Å². The molecule has 0 radical (unpaired) electrons. The number of rotatable bonds is 6. The molecule has 4 rings (SSSR count). The molecular formula is C23H22BrN3O5. The van der Waals surface area contributed by atoms with E-state index in [0.717, 1.165) is 0 Å². The van der Waals surface area contributed by atoms with E-state index in [1.54, 1.807) is 48.3 Å². The molecule has 2 aromatic rings. The summed E-state index contributed by atoms with van der Waals surface area (Å²) < 4.78 is 11.9. The number of likely N-dealkylation sites (N-methyl/N-ethyl adjacent to an activating group) is 1. The minimum atomic E-state index is -1.40. The van der Waals surface area contributed by atoms with Crippen LogP contribution >= 0.6 is 15.9 Å². The van der Waals surface area contributed by atoms with Gasteiger partial charge in [-0.2, -0.15) is 0 Å². The third kappa shape index (κ3) is 3.22. The van der Waals surface area contributed by atoms with Gasteiger partial charge in [0.25, 0.3) is 11.9 Å². The van der Waals surface area contributed by atoms with E-state index in [1.165, 1.54) is 0 Å². The first-order valence-corrected chi connectivity index (χ1v) is 10.9. The van der Waals surface area contributed by atoms with Gasteiger partial charge in [0, 0.05) is 22.7 Å². The van der Waals surface area contributed by atoms with Crippen LogP contribution in [0.1, 0.15) is 24.0 Å². The molecule has 2 aliphatic heterocycles. The van der Waals surface area contributed by atoms with E-state index in [0.29, 0.717) is 45.9 Å². The summed E-state index contributed by atoms with van der Waals surface area (Å²) in [5.41, 5.74) is 0.499. The Morgan fingerprint density at radius 2 is 2.12 bits per heavy atom. The standard InChI is InChI=1S/C23H22BrN3O5/c1-4-10-32-20-17(24)11-14(12-19(20)31-5-2)15-13-26(3)23(21(15)27(29)30)16-8-6-7-9-18(16)25-22(23)28/h1,6-9,11-12,15,21H,5,10,13H2,2-3H3,(H,25,28)/t15-,21+,23-/m0/s1. The fraction of sp³-hybridized carbons (Fsp3) is 0.348. The van der Waals surface area contributed by atoms with Crippen LogP contribution < -0.4 is 14.8 Å². The number of ether oxygens (including phenoxy) is 2. The zero-order valence-corrected chi connectivity index (χ0v) is 19.2. The number of fused-ring (bicyclic) bond motifs is 2. The number of nitrogens with zero attached hydrogens (tertiary/aromatic N) is 2. The lowest BCUT2D eigenvalue weighted by Gasteiger charge is -2.30. The Hall–Kier alpha value is -3.09. The summed E-state index contributed by atoms with van der Waals surface area (Å²) in [4.78, 5) is 27.1. The number of nitro groups is 1. The number of halogens is 1. The van der Waals surface area contributed by atoms with Gasteiger partial charge in [-0.25, -0.2) is 0 Å². The average molecular weight is 500 g/mol. The fourth-order valence-corrected chi connectivity index (χ4v) is 5.47. The molecular weight excluding hydrogens is 478 g/mol. The number of amides is 1. The normalized spacial score (nSPS) is 24.1. The second-order valence-corrected chi connectivity index (χ2v) is 8.59. The average Bonchev–Trinajstić information content (AvgIpc) is 3.23. The predicted octanol–water partition coefficient (Wildman–Crippen LogP) is 3.38. The molecule has 2 heterocycles. The van der Waals surface area contributed by atoms with Crippen molar-refractivity contribution >= 4 is 27.5 Å². The van der Waals surface area contributed by atoms with Gasteiger partial charge in [0.15, 0.2) is 17.0 Å². The SMILES string of the molecule is C#CCOc1c(Br)cc([C@@H]2CN(C)[C@]3(C(=O)Nc4ccccc43)[C@@H]2[N+](=O)[O-])cc1OCC. The van der Waals surface area contributed by atoms with Crippen LogP contribution in [-0.2, 0) is 10.3 Å². The number of likely N-dealkylation sites (tertiary alicyclic amines) is 1. The van der Waals surface area contributed by atoms with Crippen LogP contribution in [0.3, 0.4) is 0 Å². The highest BCUT2D eigenvalue weighted by Gasteiger charge is 2.68. The lowest BCUT2D eigenvalue weighted by Crippen LogP contribution is -2.54. The highest BCUT2D eigenvalue weighted by Crippen LogP contribution is 2.53. The van der Waals surface area contributed by atoms with E-state index in [2.05, 4.69) is 27.2 Å². The van der Waals surface area contributed by atoms with Gasteiger partial charge in [-0.3, -0.25) is 19.8 Å². The topological polar surface area (TPSA) is 93.9 Å². The van der Waals surface area contributed by atoms with Crippen LogP contribution in [0, 0.1) is 22.5 Å². The molecule has 166 valence electrons. The molecule has 32 heavy (non-hydrogen) atoms. The Bertz CT molecular complexity index is 1130. The number of carbonyl (C=O) groups excluding carboxylic acids is 1. The Morgan fingerprint density at radius 3 is 2.81 bits per heavy atom. The molecule has 2 aromatic carbocycles. The van der Waals surface area contributed by atoms with Gasteiger partial charge in [-0.1, -0.05) is 24.1 Å². The maximum absolute atomic E-state index is 13.2. The molecule has 8 nitrogen and oxygen atoms in total. The van der Waals surface area contributed by atoms with Crippen LogP contribution in [-0.4, -0.2) is 48.6 Å². The van der Waals surface area contributed by atoms with Gasteiger partial charge < -0.3 is 14.8 Å². The number of carbonyl (C=O) groups is 1. The number of nitrogens with one attached hydrogen (secondary N) is 1. The van der Waals surface area contributed by atoms with Crippen molar-refractivity contribution in [3.8, 4) is 23.8 Å². The summed E-state index contributed by atoms with van der Waals surface area (Å²) in [6.45, 7) is 2.59. The third-order valence-corrected chi connectivity index (χ3v) is 6.69. The highest BCUT2D eigenvalue weighted by molar-refractivity contribution is 9.10. The first-order chi connectivity index (χ1) is 15.4. The Morgan fingerprint density at radius 1 is 1.38 bits per heavy atom. The zero-order valence-electron chi connectivity index (χ0n) is 17.6. The molecule has 3 atom stereocenters. The van der Waals surface area contributed by atoms with Gasteiger partial charge in [-0.05, 0) is 53.7 Å². The molecule has 0 unspecified atom stereocenters. The van der Waals surface area contributed by atoms with Gasteiger partial charge in [0.05, 0.1) is 17.0 Å². The number of anilines is 1. The van der Waals surface area contributed by atoms with E-state index in [-0.39, 0.29) is 17.4 Å². The fourth-order valence-electron chi connectivity index (χ4n) is 4.90. The van der Waals surface area contributed by atoms with Crippen molar-refractivity contribution < 1.29 is 19.2 Å². The highest BCUT2D eigenvalue weighted by atomic mass is 79.9. The summed E-state index contributed by atoms with van der Waals surface area (Å²) in [6.07, 6.45) is 5.32. The monoisotopic (exact) mass is 499 g/mol. The van der Waals surface area contributed by atoms with Crippen molar-refractivity contribution in [1.82, 2.24) is 4.90 Å². The molecule has 1 N–H and O–H groups in total. The predicted molar refractivity (Wildman–Crippen MR) is 123 cm³/mol. The molecule has 1 saturated heterocycles. The van der Waals surface area contributed by atoms with Crippen molar-refractivity contribution in [3.63, 3.8) is 0 Å². The summed E-state index contributed by atoms with van der Waals surface area (Å²) >= 11 is 3.49. The third-order valence-electron chi connectivity index (χ3n) is 6.10. The number of hydrogen-bond acceptors (Lipinski definition) is 6. The first-order valence-electron chi connectivity index (χ1n) is 10.1. The van der Waals surface area contributed by atoms with Crippen molar-refractivity contribution in [2.45, 2.75) is 24.4 Å². The minimum Gasteiger partial charge on any atom is -0.490 e. The molecule has 1 fully saturated rings. The second kappa shape index (κ2) is 8.45. The molecule has 0 aliphatic carbocycles. The van der Waals surface area contributed by atoms with E-state index in [4.69, 9.17) is 15.9 Å². The van der Waals surface area contributed by atoms with E-state index in [9.17, 15) is 14.9 Å². The Kier molecular flexibility index (Phi) is 5.84. The summed E-state index contributed by atoms with van der Waals surface area (Å²) in [5.74, 6) is 2.35. The van der Waals surface area contributed by atoms with Gasteiger partial charge >= 0.3 is 0 Å². The largest absolute Gasteiger partial charge is 0.490 e. The minimum absolute atomic E-state index is 0.0573. The maximum Gasteiger partial charge on any atom is 0.256 e. The quantitative estimate of drug-likeness (QED) is 0.372. The van der Waals surface area contributed by atoms with Gasteiger partial charge in [0.2, 0.25) is 0 Å². The van der Waals surface area contributed by atoms with Crippen LogP contribution in [0.15, 0.2) is 40.9 Å². The molecule has 1 amide bonds. The van der Waals surface area contributed by atoms with Gasteiger partial charge in [-0.15, -0.1) is 6.42 Å². The number of hydrogen-bond donors (Lipinski definition) is 1. The summed E-state index contributed by atoms with van der Waals surface area (Å²) in [5, 5.41) is 15.3. The second-order valence-electron chi connectivity index (χ2n) is 7.74. The molecule has 9 heteroatoms. The summed E-state index contributed by atoms with van der Waals surface area (Å²) in [6, 6.07) is 9.46. The lowest BCUT2D eigenvalue weighted by atomic mass is 9.79. The number of benzene rings is 2. The van der Waals surface area contributed by atoms with Crippen molar-refractivity contribution in [2.75, 3.05) is 32.1 Å². The van der Waals surface area contributed by atoms with E-state index >= 15 is 0 Å². The van der Waals surface area contributed by atoms with Crippen LogP contribution in [0.2, 0.25) is 0 Å².